The second-order valence-corrected chi connectivity index (χ2v) is 4.04. The summed E-state index contributed by atoms with van der Waals surface area (Å²) in [5, 5.41) is 22.7. The van der Waals surface area contributed by atoms with Crippen LogP contribution in [0.2, 0.25) is 0 Å². The lowest BCUT2D eigenvalue weighted by Crippen LogP contribution is -2.26. The molecule has 1 aromatic carbocycles. The fraction of sp³-hybridized carbons (Fsp3) is 0.167. The Balaban J connectivity index is 2.05. The third kappa shape index (κ3) is 3.10. The van der Waals surface area contributed by atoms with Crippen molar-refractivity contribution in [2.75, 3.05) is 6.54 Å². The number of aromatic nitrogens is 2. The fourth-order valence-corrected chi connectivity index (χ4v) is 1.69. The second kappa shape index (κ2) is 5.83. The van der Waals surface area contributed by atoms with Crippen LogP contribution in [0.5, 0.6) is 5.75 Å². The van der Waals surface area contributed by atoms with Crippen molar-refractivity contribution < 1.29 is 14.8 Å². The summed E-state index contributed by atoms with van der Waals surface area (Å²) in [6.45, 7) is 0.299. The monoisotopic (exact) mass is 276 g/mol. The Morgan fingerprint density at radius 1 is 1.50 bits per heavy atom. The van der Waals surface area contributed by atoms with Crippen LogP contribution in [0, 0.1) is 10.1 Å². The number of imidazole rings is 1. The first-order valence-electron chi connectivity index (χ1n) is 5.81. The Kier molecular flexibility index (Phi) is 3.94. The molecule has 0 atom stereocenters. The molecule has 104 valence electrons. The zero-order valence-electron chi connectivity index (χ0n) is 10.4. The van der Waals surface area contributed by atoms with E-state index in [-0.39, 0.29) is 17.0 Å². The average molecular weight is 276 g/mol. The van der Waals surface area contributed by atoms with E-state index in [9.17, 15) is 20.0 Å². The predicted molar refractivity (Wildman–Crippen MR) is 69.4 cm³/mol. The van der Waals surface area contributed by atoms with Gasteiger partial charge in [0, 0.05) is 30.9 Å². The van der Waals surface area contributed by atoms with Crippen molar-refractivity contribution in [1.82, 2.24) is 15.3 Å². The van der Waals surface area contributed by atoms with E-state index >= 15 is 0 Å². The first-order chi connectivity index (χ1) is 9.58. The van der Waals surface area contributed by atoms with Gasteiger partial charge in [0.2, 0.25) is 0 Å². The van der Waals surface area contributed by atoms with Gasteiger partial charge in [-0.15, -0.1) is 0 Å². The number of nitrogens with zero attached hydrogens (tertiary/aromatic N) is 2. The molecule has 0 saturated carbocycles. The van der Waals surface area contributed by atoms with Crippen LogP contribution in [-0.2, 0) is 6.42 Å². The largest absolute Gasteiger partial charge is 0.508 e. The van der Waals surface area contributed by atoms with E-state index in [1.165, 1.54) is 12.4 Å². The number of aromatic amines is 1. The van der Waals surface area contributed by atoms with Crippen LogP contribution in [0.15, 0.2) is 30.7 Å². The normalized spacial score (nSPS) is 10.2. The van der Waals surface area contributed by atoms with Crippen LogP contribution >= 0.6 is 0 Å². The van der Waals surface area contributed by atoms with Crippen molar-refractivity contribution in [3.8, 4) is 5.75 Å². The third-order valence-corrected chi connectivity index (χ3v) is 2.66. The minimum Gasteiger partial charge on any atom is -0.508 e. The van der Waals surface area contributed by atoms with Crippen molar-refractivity contribution >= 4 is 11.6 Å². The zero-order chi connectivity index (χ0) is 14.5. The Morgan fingerprint density at radius 2 is 2.30 bits per heavy atom. The van der Waals surface area contributed by atoms with Gasteiger partial charge in [0.15, 0.2) is 0 Å². The number of benzene rings is 1. The third-order valence-electron chi connectivity index (χ3n) is 2.66. The number of carbonyl (C=O) groups is 1. The molecule has 0 saturated heterocycles. The van der Waals surface area contributed by atoms with Gasteiger partial charge in [-0.3, -0.25) is 14.9 Å². The van der Waals surface area contributed by atoms with Crippen LogP contribution < -0.4 is 5.32 Å². The second-order valence-electron chi connectivity index (χ2n) is 4.04. The number of nitro groups is 1. The lowest BCUT2D eigenvalue weighted by Gasteiger charge is -2.05. The minimum atomic E-state index is -0.663. The van der Waals surface area contributed by atoms with Crippen molar-refractivity contribution in [2.24, 2.45) is 0 Å². The summed E-state index contributed by atoms with van der Waals surface area (Å²) in [5.74, 6) is -0.804. The molecular formula is C12H12N4O4. The Labute approximate surface area is 113 Å². The van der Waals surface area contributed by atoms with Gasteiger partial charge < -0.3 is 15.4 Å². The molecule has 1 aromatic heterocycles. The minimum absolute atomic E-state index is 0.167. The van der Waals surface area contributed by atoms with E-state index in [0.29, 0.717) is 13.0 Å². The molecule has 2 rings (SSSR count). The van der Waals surface area contributed by atoms with Gasteiger partial charge in [0.05, 0.1) is 11.3 Å². The molecule has 8 heteroatoms. The topological polar surface area (TPSA) is 121 Å². The maximum absolute atomic E-state index is 11.9. The van der Waals surface area contributed by atoms with Crippen LogP contribution in [0.3, 0.4) is 0 Å². The molecule has 0 unspecified atom stereocenters. The summed E-state index contributed by atoms with van der Waals surface area (Å²) in [5.41, 5.74) is 0.331. The van der Waals surface area contributed by atoms with Gasteiger partial charge in [0.1, 0.15) is 11.3 Å². The molecular weight excluding hydrogens is 264 g/mol. The number of carbonyl (C=O) groups excluding carboxylic acids is 1. The van der Waals surface area contributed by atoms with Gasteiger partial charge in [-0.1, -0.05) is 0 Å². The fourth-order valence-electron chi connectivity index (χ4n) is 1.69. The van der Waals surface area contributed by atoms with Crippen LogP contribution in [-0.4, -0.2) is 32.4 Å². The molecule has 1 heterocycles. The van der Waals surface area contributed by atoms with E-state index in [0.717, 1.165) is 17.8 Å². The quantitative estimate of drug-likeness (QED) is 0.555. The number of rotatable bonds is 5. The highest BCUT2D eigenvalue weighted by Crippen LogP contribution is 2.23. The van der Waals surface area contributed by atoms with Gasteiger partial charge in [-0.2, -0.15) is 0 Å². The maximum atomic E-state index is 11.9. The molecule has 1 amide bonds. The van der Waals surface area contributed by atoms with Crippen LogP contribution in [0.4, 0.5) is 5.69 Å². The smallest absolute Gasteiger partial charge is 0.282 e. The molecule has 0 spiro atoms. The van der Waals surface area contributed by atoms with Crippen LogP contribution in [0.25, 0.3) is 0 Å². The Hall–Kier alpha value is -2.90. The Bertz CT molecular complexity index is 624. The predicted octanol–water partition coefficient (Wildman–Crippen LogP) is 0.996. The summed E-state index contributed by atoms with van der Waals surface area (Å²) >= 11 is 0. The summed E-state index contributed by atoms with van der Waals surface area (Å²) in [6.07, 6.45) is 3.68. The summed E-state index contributed by atoms with van der Waals surface area (Å²) < 4.78 is 0. The number of amides is 1. The summed E-state index contributed by atoms with van der Waals surface area (Å²) in [6, 6.07) is 3.34. The molecule has 8 nitrogen and oxygen atoms in total. The number of nitro benzene ring substituents is 1. The van der Waals surface area contributed by atoms with Gasteiger partial charge >= 0.3 is 0 Å². The number of phenols is 1. The number of hydrogen-bond donors (Lipinski definition) is 3. The van der Waals surface area contributed by atoms with E-state index in [2.05, 4.69) is 15.3 Å². The SMILES string of the molecule is O=C(NCCc1cnc[nH]1)c1cc(O)ccc1[N+](=O)[O-]. The molecule has 0 fully saturated rings. The molecule has 2 aromatic rings. The molecule has 0 bridgehead atoms. The number of phenolic OH excluding ortho intramolecular Hbond substituents is 1. The summed E-state index contributed by atoms with van der Waals surface area (Å²) in [4.78, 5) is 28.8. The number of nitrogens with one attached hydrogen (secondary N) is 2. The standard InChI is InChI=1S/C12H12N4O4/c17-9-1-2-11(16(19)20)10(5-9)12(18)14-4-3-8-6-13-7-15-8/h1-2,5-7,17H,3-4H2,(H,13,15)(H,14,18). The van der Waals surface area contributed by atoms with E-state index in [4.69, 9.17) is 0 Å². The highest BCUT2D eigenvalue weighted by Gasteiger charge is 2.20. The van der Waals surface area contributed by atoms with Crippen molar-refractivity contribution in [1.29, 1.82) is 0 Å². The average Bonchev–Trinajstić information content (AvgIpc) is 2.91. The number of H-pyrrole nitrogens is 1. The van der Waals surface area contributed by atoms with Crippen molar-refractivity contribution in [3.05, 3.63) is 52.1 Å². The van der Waals surface area contributed by atoms with Gasteiger partial charge in [-0.25, -0.2) is 4.98 Å². The lowest BCUT2D eigenvalue weighted by molar-refractivity contribution is -0.385. The highest BCUT2D eigenvalue weighted by molar-refractivity contribution is 5.98. The van der Waals surface area contributed by atoms with E-state index in [1.54, 1.807) is 6.20 Å². The molecule has 20 heavy (non-hydrogen) atoms. The maximum Gasteiger partial charge on any atom is 0.282 e. The Morgan fingerprint density at radius 3 is 2.95 bits per heavy atom. The molecule has 0 radical (unpaired) electrons. The molecule has 3 N–H and O–H groups in total. The zero-order valence-corrected chi connectivity index (χ0v) is 10.4. The lowest BCUT2D eigenvalue weighted by atomic mass is 10.1. The van der Waals surface area contributed by atoms with Gasteiger partial charge in [-0.05, 0) is 12.1 Å². The van der Waals surface area contributed by atoms with E-state index < -0.39 is 10.8 Å². The van der Waals surface area contributed by atoms with Crippen molar-refractivity contribution in [2.45, 2.75) is 6.42 Å². The first-order valence-corrected chi connectivity index (χ1v) is 5.81. The number of hydrogen-bond acceptors (Lipinski definition) is 5. The molecule has 0 aliphatic rings. The first kappa shape index (κ1) is 13.5. The van der Waals surface area contributed by atoms with Crippen LogP contribution in [0.1, 0.15) is 16.1 Å². The summed E-state index contributed by atoms with van der Waals surface area (Å²) in [7, 11) is 0. The van der Waals surface area contributed by atoms with E-state index in [1.807, 2.05) is 0 Å². The number of aromatic hydroxyl groups is 1. The van der Waals surface area contributed by atoms with Crippen molar-refractivity contribution in [3.63, 3.8) is 0 Å². The molecule has 0 aliphatic carbocycles. The van der Waals surface area contributed by atoms with Gasteiger partial charge in [0.25, 0.3) is 11.6 Å². The highest BCUT2D eigenvalue weighted by atomic mass is 16.6. The molecule has 0 aliphatic heterocycles.